The van der Waals surface area contributed by atoms with Crippen molar-refractivity contribution >= 4 is 17.3 Å². The van der Waals surface area contributed by atoms with Crippen molar-refractivity contribution < 1.29 is 27.9 Å². The first-order valence-electron chi connectivity index (χ1n) is 11.5. The van der Waals surface area contributed by atoms with E-state index in [1.54, 1.807) is 17.9 Å². The number of piperazine rings is 1. The van der Waals surface area contributed by atoms with Gasteiger partial charge in [0, 0.05) is 18.7 Å². The maximum absolute atomic E-state index is 13.8. The summed E-state index contributed by atoms with van der Waals surface area (Å²) in [4.78, 5) is 29.1. The van der Waals surface area contributed by atoms with E-state index in [2.05, 4.69) is 5.10 Å². The van der Waals surface area contributed by atoms with Crippen LogP contribution in [-0.2, 0) is 11.0 Å². The quantitative estimate of drug-likeness (QED) is 0.761. The number of hydrogen-bond acceptors (Lipinski definition) is 4. The molecule has 6 rings (SSSR count). The lowest BCUT2D eigenvalue weighted by Gasteiger charge is -2.39. The number of halogens is 3. The minimum absolute atomic E-state index is 0.0585. The van der Waals surface area contributed by atoms with Crippen LogP contribution in [-0.4, -0.2) is 68.1 Å². The standard InChI is InChI=1S/C23H25F3N4O3/c1-11-16-7-13(12-2-3-12)9-18(23(24,25)26)30(16)27-20(11)22(33)28-4-5-29(19(31)10-28)17-8-14-6-15(14)21(17)32/h7,9,12,14-15,17,21,32H,2-6,8,10H2,1H3. The molecule has 33 heavy (non-hydrogen) atoms. The van der Waals surface area contributed by atoms with Gasteiger partial charge in [0.05, 0.1) is 17.7 Å². The van der Waals surface area contributed by atoms with E-state index in [1.165, 1.54) is 4.90 Å². The molecular formula is C23H25F3N4O3. The molecule has 1 saturated heterocycles. The van der Waals surface area contributed by atoms with E-state index in [1.807, 2.05) is 0 Å². The number of alkyl halides is 3. The summed E-state index contributed by atoms with van der Waals surface area (Å²) in [6.07, 6.45) is -1.60. The fraction of sp³-hybridized carbons (Fsp3) is 0.609. The van der Waals surface area contributed by atoms with Crippen LogP contribution >= 0.6 is 0 Å². The van der Waals surface area contributed by atoms with Gasteiger partial charge in [0.2, 0.25) is 5.91 Å². The fourth-order valence-corrected chi connectivity index (χ4v) is 5.71. The number of aryl methyl sites for hydroxylation is 1. The van der Waals surface area contributed by atoms with Crippen LogP contribution in [0.3, 0.4) is 0 Å². The normalized spacial score (nSPS) is 29.7. The van der Waals surface area contributed by atoms with Crippen molar-refractivity contribution in [1.29, 1.82) is 0 Å². The van der Waals surface area contributed by atoms with Gasteiger partial charge in [-0.15, -0.1) is 0 Å². The van der Waals surface area contributed by atoms with Crippen LogP contribution in [0.4, 0.5) is 13.2 Å². The Labute approximate surface area is 188 Å². The van der Waals surface area contributed by atoms with Crippen molar-refractivity contribution in [3.8, 4) is 0 Å². The molecule has 3 aliphatic carbocycles. The predicted molar refractivity (Wildman–Crippen MR) is 111 cm³/mol. The number of aliphatic hydroxyl groups excluding tert-OH is 1. The molecule has 4 atom stereocenters. The van der Waals surface area contributed by atoms with Crippen LogP contribution < -0.4 is 0 Å². The molecule has 3 heterocycles. The molecule has 4 unspecified atom stereocenters. The predicted octanol–water partition coefficient (Wildman–Crippen LogP) is 2.59. The molecular weight excluding hydrogens is 437 g/mol. The van der Waals surface area contributed by atoms with Gasteiger partial charge in [-0.3, -0.25) is 9.59 Å². The number of carbonyl (C=O) groups excluding carboxylic acids is 2. The first-order chi connectivity index (χ1) is 15.6. The van der Waals surface area contributed by atoms with Crippen molar-refractivity contribution in [3.63, 3.8) is 0 Å². The van der Waals surface area contributed by atoms with Gasteiger partial charge in [0.25, 0.3) is 5.91 Å². The van der Waals surface area contributed by atoms with E-state index >= 15 is 0 Å². The van der Waals surface area contributed by atoms with Gasteiger partial charge in [-0.25, -0.2) is 4.52 Å². The minimum atomic E-state index is -4.60. The summed E-state index contributed by atoms with van der Waals surface area (Å²) in [7, 11) is 0. The lowest BCUT2D eigenvalue weighted by molar-refractivity contribution is -0.142. The molecule has 0 aromatic carbocycles. The Morgan fingerprint density at radius 2 is 1.94 bits per heavy atom. The van der Waals surface area contributed by atoms with Gasteiger partial charge in [-0.1, -0.05) is 0 Å². The number of rotatable bonds is 3. The highest BCUT2D eigenvalue weighted by atomic mass is 19.4. The molecule has 0 radical (unpaired) electrons. The highest BCUT2D eigenvalue weighted by Crippen LogP contribution is 2.53. The number of aromatic nitrogens is 2. The maximum Gasteiger partial charge on any atom is 0.433 e. The lowest BCUT2D eigenvalue weighted by atomic mass is 10.1. The second-order valence-corrected chi connectivity index (χ2v) is 9.98. The van der Waals surface area contributed by atoms with Crippen molar-refractivity contribution in [2.45, 2.75) is 56.8 Å². The number of pyridine rings is 1. The van der Waals surface area contributed by atoms with Gasteiger partial charge in [-0.2, -0.15) is 18.3 Å². The third-order valence-corrected chi connectivity index (χ3v) is 7.84. The summed E-state index contributed by atoms with van der Waals surface area (Å²) in [6.45, 7) is 2.00. The number of amides is 2. The smallest absolute Gasteiger partial charge is 0.391 e. The largest absolute Gasteiger partial charge is 0.433 e. The third kappa shape index (κ3) is 3.33. The lowest BCUT2D eigenvalue weighted by Crippen LogP contribution is -2.57. The molecule has 3 saturated carbocycles. The SMILES string of the molecule is Cc1c(C(=O)N2CCN(C3CC4CC4C3O)C(=O)C2)nn2c(C(F)(F)F)cc(C3CC3)cc12. The number of hydrogen-bond donors (Lipinski definition) is 1. The summed E-state index contributed by atoms with van der Waals surface area (Å²) in [5.41, 5.74) is 0.326. The van der Waals surface area contributed by atoms with E-state index in [0.717, 1.165) is 36.3 Å². The number of aliphatic hydroxyl groups is 1. The van der Waals surface area contributed by atoms with Crippen molar-refractivity contribution in [1.82, 2.24) is 19.4 Å². The first-order valence-corrected chi connectivity index (χ1v) is 11.5. The summed E-state index contributed by atoms with van der Waals surface area (Å²) >= 11 is 0. The van der Waals surface area contributed by atoms with Crippen molar-refractivity contribution in [2.24, 2.45) is 11.8 Å². The summed E-state index contributed by atoms with van der Waals surface area (Å²) < 4.78 is 42.1. The van der Waals surface area contributed by atoms with E-state index in [9.17, 15) is 27.9 Å². The van der Waals surface area contributed by atoms with E-state index in [0.29, 0.717) is 23.6 Å². The topological polar surface area (TPSA) is 78.2 Å². The van der Waals surface area contributed by atoms with Crippen LogP contribution in [0, 0.1) is 18.8 Å². The molecule has 2 aromatic heterocycles. The van der Waals surface area contributed by atoms with Crippen LogP contribution in [0.2, 0.25) is 0 Å². The Hall–Kier alpha value is -2.62. The maximum atomic E-state index is 13.8. The zero-order valence-corrected chi connectivity index (χ0v) is 18.2. The van der Waals surface area contributed by atoms with Crippen LogP contribution in [0.15, 0.2) is 12.1 Å². The van der Waals surface area contributed by atoms with Crippen LogP contribution in [0.5, 0.6) is 0 Å². The Balaban J connectivity index is 1.27. The Bertz CT molecular complexity index is 1170. The average Bonchev–Trinajstić information content (AvgIpc) is 3.68. The van der Waals surface area contributed by atoms with Crippen molar-refractivity contribution in [3.05, 3.63) is 34.6 Å². The molecule has 4 aliphatic rings. The molecule has 2 amide bonds. The Kier molecular flexibility index (Phi) is 4.41. The molecule has 7 nitrogen and oxygen atoms in total. The summed E-state index contributed by atoms with van der Waals surface area (Å²) in [6, 6.07) is 2.62. The molecule has 0 spiro atoms. The number of nitrogens with zero attached hydrogens (tertiary/aromatic N) is 4. The van der Waals surface area contributed by atoms with Gasteiger partial charge in [0.15, 0.2) is 5.69 Å². The van der Waals surface area contributed by atoms with Crippen molar-refractivity contribution in [2.75, 3.05) is 19.6 Å². The van der Waals surface area contributed by atoms with Gasteiger partial charge in [0.1, 0.15) is 12.2 Å². The number of fused-ring (bicyclic) bond motifs is 2. The van der Waals surface area contributed by atoms with Gasteiger partial charge < -0.3 is 14.9 Å². The molecule has 4 fully saturated rings. The second-order valence-electron chi connectivity index (χ2n) is 9.98. The van der Waals surface area contributed by atoms with E-state index < -0.39 is 23.9 Å². The molecule has 1 N–H and O–H groups in total. The number of carbonyl (C=O) groups is 2. The monoisotopic (exact) mass is 462 g/mol. The Morgan fingerprint density at radius 1 is 1.18 bits per heavy atom. The molecule has 2 aromatic rings. The zero-order chi connectivity index (χ0) is 23.2. The second kappa shape index (κ2) is 6.94. The highest BCUT2D eigenvalue weighted by Gasteiger charge is 2.55. The van der Waals surface area contributed by atoms with Crippen LogP contribution in [0.1, 0.15) is 58.9 Å². The molecule has 176 valence electrons. The van der Waals surface area contributed by atoms with E-state index in [-0.39, 0.29) is 48.1 Å². The van der Waals surface area contributed by atoms with E-state index in [4.69, 9.17) is 0 Å². The molecule has 10 heteroatoms. The Morgan fingerprint density at radius 3 is 2.55 bits per heavy atom. The third-order valence-electron chi connectivity index (χ3n) is 7.84. The summed E-state index contributed by atoms with van der Waals surface area (Å²) in [5, 5.41) is 14.5. The highest BCUT2D eigenvalue weighted by molar-refractivity contribution is 5.98. The fourth-order valence-electron chi connectivity index (χ4n) is 5.71. The molecule has 0 bridgehead atoms. The minimum Gasteiger partial charge on any atom is -0.391 e. The average molecular weight is 462 g/mol. The van der Waals surface area contributed by atoms with Gasteiger partial charge >= 0.3 is 6.18 Å². The zero-order valence-electron chi connectivity index (χ0n) is 18.2. The first kappa shape index (κ1) is 20.9. The van der Waals surface area contributed by atoms with Gasteiger partial charge in [-0.05, 0) is 68.1 Å². The molecule has 1 aliphatic heterocycles. The summed E-state index contributed by atoms with van der Waals surface area (Å²) in [5.74, 6) is 0.105. The van der Waals surface area contributed by atoms with Crippen LogP contribution in [0.25, 0.3) is 5.52 Å².